The molecule has 1 fully saturated rings. The molecule has 29 heavy (non-hydrogen) atoms. The third-order valence-electron chi connectivity index (χ3n) is 5.41. The number of carbonyl (C=O) groups excluding carboxylic acids is 1. The Labute approximate surface area is 176 Å². The Morgan fingerprint density at radius 2 is 1.72 bits per heavy atom. The van der Waals surface area contributed by atoms with Gasteiger partial charge in [-0.15, -0.1) is 11.8 Å². The lowest BCUT2D eigenvalue weighted by Crippen LogP contribution is -2.28. The Kier molecular flexibility index (Phi) is 6.20. The van der Waals surface area contributed by atoms with E-state index in [9.17, 15) is 4.79 Å². The number of hydrogen-bond acceptors (Lipinski definition) is 3. The molecule has 0 aromatic heterocycles. The second kappa shape index (κ2) is 9.19. The third kappa shape index (κ3) is 4.83. The zero-order chi connectivity index (χ0) is 20.1. The minimum Gasteiger partial charge on any atom is -0.497 e. The molecule has 4 heteroatoms. The van der Waals surface area contributed by atoms with Crippen molar-refractivity contribution in [3.63, 3.8) is 0 Å². The van der Waals surface area contributed by atoms with E-state index in [0.29, 0.717) is 5.92 Å². The van der Waals surface area contributed by atoms with E-state index in [1.54, 1.807) is 18.9 Å². The summed E-state index contributed by atoms with van der Waals surface area (Å²) >= 11 is 1.79. The van der Waals surface area contributed by atoms with Crippen molar-refractivity contribution < 1.29 is 9.53 Å². The molecule has 1 heterocycles. The smallest absolute Gasteiger partial charge is 0.253 e. The molecule has 0 spiro atoms. The van der Waals surface area contributed by atoms with E-state index in [4.69, 9.17) is 4.74 Å². The van der Waals surface area contributed by atoms with Crippen molar-refractivity contribution in [3.05, 3.63) is 95.6 Å². The molecule has 0 N–H and O–H groups in total. The number of likely N-dealkylation sites (tertiary alicyclic amines) is 1. The van der Waals surface area contributed by atoms with Crippen molar-refractivity contribution >= 4 is 17.7 Å². The summed E-state index contributed by atoms with van der Waals surface area (Å²) in [5.74, 6) is 2.32. The summed E-state index contributed by atoms with van der Waals surface area (Å²) in [6.45, 7) is 1.58. The number of methoxy groups -OCH3 is 1. The number of ether oxygens (including phenoxy) is 1. The zero-order valence-corrected chi connectivity index (χ0v) is 17.4. The van der Waals surface area contributed by atoms with Crippen LogP contribution in [0.5, 0.6) is 5.75 Å². The Bertz CT molecular complexity index is 939. The van der Waals surface area contributed by atoms with E-state index in [0.717, 1.165) is 36.6 Å². The normalized spacial score (nSPS) is 16.0. The Balaban J connectivity index is 1.34. The fraction of sp³-hybridized carbons (Fsp3) is 0.240. The molecule has 0 aliphatic carbocycles. The highest BCUT2D eigenvalue weighted by Gasteiger charge is 2.27. The van der Waals surface area contributed by atoms with E-state index in [1.165, 1.54) is 16.0 Å². The Morgan fingerprint density at radius 3 is 2.41 bits per heavy atom. The van der Waals surface area contributed by atoms with Gasteiger partial charge in [0.25, 0.3) is 5.91 Å². The first-order valence-corrected chi connectivity index (χ1v) is 10.9. The first-order chi connectivity index (χ1) is 14.2. The van der Waals surface area contributed by atoms with Crippen LogP contribution in [0, 0.1) is 0 Å². The zero-order valence-electron chi connectivity index (χ0n) is 16.6. The highest BCUT2D eigenvalue weighted by molar-refractivity contribution is 7.98. The highest BCUT2D eigenvalue weighted by Crippen LogP contribution is 2.30. The molecule has 1 unspecified atom stereocenters. The molecule has 3 nitrogen and oxygen atoms in total. The van der Waals surface area contributed by atoms with Crippen LogP contribution in [0.3, 0.4) is 0 Å². The lowest BCUT2D eigenvalue weighted by Gasteiger charge is -2.17. The summed E-state index contributed by atoms with van der Waals surface area (Å²) in [5.41, 5.74) is 3.34. The standard InChI is InChI=1S/C25H25NO2S/c1-28-23-11-7-20(8-12-23)22-15-16-26(17-22)25(27)21-9-13-24(14-10-21)29-18-19-5-3-2-4-6-19/h2-14,22H,15-18H2,1H3. The molecule has 4 rings (SSSR count). The molecule has 0 radical (unpaired) electrons. The molecule has 1 amide bonds. The van der Waals surface area contributed by atoms with Crippen molar-refractivity contribution in [2.75, 3.05) is 20.2 Å². The molecular weight excluding hydrogens is 378 g/mol. The van der Waals surface area contributed by atoms with Gasteiger partial charge in [0, 0.05) is 35.2 Å². The van der Waals surface area contributed by atoms with Crippen LogP contribution < -0.4 is 4.74 Å². The molecule has 3 aromatic carbocycles. The average molecular weight is 404 g/mol. The maximum atomic E-state index is 12.9. The van der Waals surface area contributed by atoms with E-state index in [2.05, 4.69) is 48.5 Å². The maximum Gasteiger partial charge on any atom is 0.253 e. The van der Waals surface area contributed by atoms with Crippen molar-refractivity contribution in [3.8, 4) is 5.75 Å². The number of benzene rings is 3. The molecule has 0 saturated carbocycles. The van der Waals surface area contributed by atoms with Crippen LogP contribution in [0.4, 0.5) is 0 Å². The fourth-order valence-electron chi connectivity index (χ4n) is 3.71. The van der Waals surface area contributed by atoms with Crippen LogP contribution in [0.15, 0.2) is 83.8 Å². The van der Waals surface area contributed by atoms with Gasteiger partial charge in [-0.25, -0.2) is 0 Å². The topological polar surface area (TPSA) is 29.5 Å². The van der Waals surface area contributed by atoms with Gasteiger partial charge >= 0.3 is 0 Å². The Morgan fingerprint density at radius 1 is 1.00 bits per heavy atom. The van der Waals surface area contributed by atoms with Gasteiger partial charge in [-0.3, -0.25) is 4.79 Å². The van der Waals surface area contributed by atoms with Crippen LogP contribution >= 0.6 is 11.8 Å². The lowest BCUT2D eigenvalue weighted by molar-refractivity contribution is 0.0790. The van der Waals surface area contributed by atoms with Crippen LogP contribution in [-0.2, 0) is 5.75 Å². The van der Waals surface area contributed by atoms with Gasteiger partial charge in [0.05, 0.1) is 7.11 Å². The maximum absolute atomic E-state index is 12.9. The van der Waals surface area contributed by atoms with Crippen LogP contribution in [-0.4, -0.2) is 31.0 Å². The van der Waals surface area contributed by atoms with Gasteiger partial charge in [-0.1, -0.05) is 42.5 Å². The lowest BCUT2D eigenvalue weighted by atomic mass is 9.98. The number of rotatable bonds is 6. The summed E-state index contributed by atoms with van der Waals surface area (Å²) in [6, 6.07) is 26.6. The van der Waals surface area contributed by atoms with E-state index >= 15 is 0 Å². The summed E-state index contributed by atoms with van der Waals surface area (Å²) in [6.07, 6.45) is 1.00. The molecule has 1 aliphatic heterocycles. The fourth-order valence-corrected chi connectivity index (χ4v) is 4.56. The Hall–Kier alpha value is -2.72. The average Bonchev–Trinajstić information content (AvgIpc) is 3.29. The monoisotopic (exact) mass is 403 g/mol. The molecule has 0 bridgehead atoms. The van der Waals surface area contributed by atoms with Gasteiger partial charge in [0.2, 0.25) is 0 Å². The summed E-state index contributed by atoms with van der Waals surface area (Å²) in [7, 11) is 1.68. The van der Waals surface area contributed by atoms with Gasteiger partial charge in [0.1, 0.15) is 5.75 Å². The van der Waals surface area contributed by atoms with Crippen molar-refractivity contribution in [2.24, 2.45) is 0 Å². The van der Waals surface area contributed by atoms with Crippen molar-refractivity contribution in [2.45, 2.75) is 23.0 Å². The second-order valence-corrected chi connectivity index (χ2v) is 8.36. The highest BCUT2D eigenvalue weighted by atomic mass is 32.2. The summed E-state index contributed by atoms with van der Waals surface area (Å²) < 4.78 is 5.23. The van der Waals surface area contributed by atoms with Crippen molar-refractivity contribution in [1.29, 1.82) is 0 Å². The molecule has 1 atom stereocenters. The number of carbonyl (C=O) groups is 1. The largest absolute Gasteiger partial charge is 0.497 e. The van der Waals surface area contributed by atoms with Gasteiger partial charge in [-0.05, 0) is 53.9 Å². The predicted octanol–water partition coefficient (Wildman–Crippen LogP) is 5.62. The number of nitrogens with zero attached hydrogens (tertiary/aromatic N) is 1. The van der Waals surface area contributed by atoms with Gasteiger partial charge in [-0.2, -0.15) is 0 Å². The van der Waals surface area contributed by atoms with Gasteiger partial charge < -0.3 is 9.64 Å². The first-order valence-electron chi connectivity index (χ1n) is 9.93. The van der Waals surface area contributed by atoms with Crippen molar-refractivity contribution in [1.82, 2.24) is 4.90 Å². The minimum absolute atomic E-state index is 0.126. The predicted molar refractivity (Wildman–Crippen MR) is 119 cm³/mol. The van der Waals surface area contributed by atoms with E-state index in [-0.39, 0.29) is 5.91 Å². The van der Waals surface area contributed by atoms with Crippen LogP contribution in [0.2, 0.25) is 0 Å². The SMILES string of the molecule is COc1ccc(C2CCN(C(=O)c3ccc(SCc4ccccc4)cc3)C2)cc1. The molecule has 3 aromatic rings. The number of hydrogen-bond donors (Lipinski definition) is 0. The van der Waals surface area contributed by atoms with Gasteiger partial charge in [0.15, 0.2) is 0 Å². The van der Waals surface area contributed by atoms with Crippen LogP contribution in [0.1, 0.15) is 33.8 Å². The summed E-state index contributed by atoms with van der Waals surface area (Å²) in [5, 5.41) is 0. The summed E-state index contributed by atoms with van der Waals surface area (Å²) in [4.78, 5) is 16.1. The molecular formula is C25H25NO2S. The molecule has 1 aliphatic rings. The quantitative estimate of drug-likeness (QED) is 0.501. The first kappa shape index (κ1) is 19.6. The van der Waals surface area contributed by atoms with E-state index < -0.39 is 0 Å². The third-order valence-corrected chi connectivity index (χ3v) is 6.50. The molecule has 148 valence electrons. The van der Waals surface area contributed by atoms with Crippen LogP contribution in [0.25, 0.3) is 0 Å². The number of thioether (sulfide) groups is 1. The number of amides is 1. The van der Waals surface area contributed by atoms with E-state index in [1.807, 2.05) is 35.2 Å². The second-order valence-electron chi connectivity index (χ2n) is 7.31. The molecule has 1 saturated heterocycles. The minimum atomic E-state index is 0.126.